The molecule has 3 rings (SSSR count). The molecule has 3 aromatic rings. The summed E-state index contributed by atoms with van der Waals surface area (Å²) in [6.07, 6.45) is 20.3. The molecule has 3 aromatic carbocycles. The second-order valence-corrected chi connectivity index (χ2v) is 14.6. The maximum absolute atomic E-state index is 3.81. The van der Waals surface area contributed by atoms with E-state index >= 15 is 0 Å². The Hall–Kier alpha value is -1.88. The molecule has 0 amide bonds. The maximum atomic E-state index is 3.81. The van der Waals surface area contributed by atoms with E-state index in [1.807, 2.05) is 25.2 Å². The van der Waals surface area contributed by atoms with E-state index < -0.39 is 0 Å². The number of rotatable bonds is 19. The lowest BCUT2D eigenvalue weighted by Gasteiger charge is -2.20. The fraction of sp³-hybridized carbons (Fsp3) is 0.421. The lowest BCUT2D eigenvalue weighted by atomic mass is 10.0. The van der Waals surface area contributed by atoms with Gasteiger partial charge in [0.25, 0.3) is 0 Å². The smallest absolute Gasteiger partial charge is 0.0342 e. The fourth-order valence-electron chi connectivity index (χ4n) is 4.90. The van der Waals surface area contributed by atoms with Crippen molar-refractivity contribution in [2.24, 2.45) is 0 Å². The zero-order chi connectivity index (χ0) is 31.8. The number of nitrogens with one attached hydrogen (secondary N) is 2. The number of hydrogen-bond acceptors (Lipinski definition) is 4. The molecule has 0 fully saturated rings. The molecule has 1 atom stereocenters. The van der Waals surface area contributed by atoms with Crippen LogP contribution in [0.1, 0.15) is 81.4 Å². The van der Waals surface area contributed by atoms with Crippen molar-refractivity contribution in [1.82, 2.24) is 6.23 Å². The number of allylic oxidation sites excluding steroid dienone is 1. The standard InChI is InChI=1S/C23H39I2N3.C15H15N/c1-4-12-21-15-17-23(18-16-21)26-22(14-9-7-11-20-28(3)25)13-8-5-6-10-19-27(2)24;1-16-15-11-9-14(10-12-15)8-7-13-5-3-2-4-6-13/h4,12,15-18,22,26H,5-11,13-14,19-20H2,1-3H3;2-12,16H,1H3/b12-4+;8-7+. The van der Waals surface area contributed by atoms with Crippen molar-refractivity contribution in [2.45, 2.75) is 70.8 Å². The molecule has 4 nitrogen and oxygen atoms in total. The zero-order valence-corrected chi connectivity index (χ0v) is 31.6. The summed E-state index contributed by atoms with van der Waals surface area (Å²) in [5, 5.41) is 6.92. The Morgan fingerprint density at radius 3 is 1.55 bits per heavy atom. The topological polar surface area (TPSA) is 30.5 Å². The molecule has 44 heavy (non-hydrogen) atoms. The van der Waals surface area contributed by atoms with Crippen molar-refractivity contribution in [2.75, 3.05) is 44.9 Å². The van der Waals surface area contributed by atoms with Crippen molar-refractivity contribution in [3.8, 4) is 0 Å². The highest BCUT2D eigenvalue weighted by atomic mass is 127. The van der Waals surface area contributed by atoms with Crippen LogP contribution in [0.4, 0.5) is 11.4 Å². The molecule has 1 unspecified atom stereocenters. The summed E-state index contributed by atoms with van der Waals surface area (Å²) in [6.45, 7) is 4.46. The highest BCUT2D eigenvalue weighted by Crippen LogP contribution is 2.19. The SMILES string of the molecule is C/C=C/c1ccc(NC(CCCCCCN(C)I)CCCCCN(C)I)cc1.CNc1ccc(/C=C/c2ccccc2)cc1. The Labute approximate surface area is 296 Å². The number of halogens is 2. The van der Waals surface area contributed by atoms with E-state index in [2.05, 4.69) is 169 Å². The van der Waals surface area contributed by atoms with Gasteiger partial charge in [-0.3, -0.25) is 6.23 Å². The second-order valence-electron chi connectivity index (χ2n) is 11.3. The third-order valence-electron chi connectivity index (χ3n) is 7.40. The third-order valence-corrected chi connectivity index (χ3v) is 8.36. The average molecular weight is 821 g/mol. The van der Waals surface area contributed by atoms with Gasteiger partial charge in [-0.1, -0.05) is 111 Å². The van der Waals surface area contributed by atoms with Crippen molar-refractivity contribution < 1.29 is 0 Å². The largest absolute Gasteiger partial charge is 0.388 e. The van der Waals surface area contributed by atoms with Gasteiger partial charge < -0.3 is 10.6 Å². The van der Waals surface area contributed by atoms with Gasteiger partial charge in [0.2, 0.25) is 0 Å². The van der Waals surface area contributed by atoms with E-state index in [9.17, 15) is 0 Å². The summed E-state index contributed by atoms with van der Waals surface area (Å²) >= 11 is 4.75. The van der Waals surface area contributed by atoms with E-state index in [0.717, 1.165) is 5.69 Å². The Kier molecular flexibility index (Phi) is 21.2. The molecule has 0 radical (unpaired) electrons. The van der Waals surface area contributed by atoms with Crippen molar-refractivity contribution in [3.05, 3.63) is 102 Å². The minimum Gasteiger partial charge on any atom is -0.388 e. The maximum Gasteiger partial charge on any atom is 0.0342 e. The normalized spacial score (nSPS) is 12.1. The van der Waals surface area contributed by atoms with Crippen LogP contribution in [0.25, 0.3) is 18.2 Å². The number of hydrogen-bond donors (Lipinski definition) is 2. The van der Waals surface area contributed by atoms with E-state index in [0.29, 0.717) is 6.04 Å². The average Bonchev–Trinajstić information content (AvgIpc) is 3.03. The monoisotopic (exact) mass is 820 g/mol. The van der Waals surface area contributed by atoms with E-state index in [-0.39, 0.29) is 0 Å². The summed E-state index contributed by atoms with van der Waals surface area (Å²) in [5.74, 6) is 0. The minimum atomic E-state index is 0.595. The second kappa shape index (κ2) is 24.4. The molecule has 0 aromatic heterocycles. The molecule has 0 saturated carbocycles. The lowest BCUT2D eigenvalue weighted by molar-refractivity contribution is 0.486. The molecule has 0 aliphatic rings. The van der Waals surface area contributed by atoms with Crippen LogP contribution in [-0.4, -0.2) is 46.5 Å². The lowest BCUT2D eigenvalue weighted by Crippen LogP contribution is -2.19. The van der Waals surface area contributed by atoms with Crippen LogP contribution < -0.4 is 10.6 Å². The van der Waals surface area contributed by atoms with Crippen molar-refractivity contribution in [3.63, 3.8) is 0 Å². The molecule has 2 N–H and O–H groups in total. The van der Waals surface area contributed by atoms with Gasteiger partial charge in [-0.15, -0.1) is 0 Å². The number of unbranched alkanes of at least 4 members (excludes halogenated alkanes) is 5. The molecular weight excluding hydrogens is 766 g/mol. The first-order chi connectivity index (χ1) is 21.4. The van der Waals surface area contributed by atoms with E-state index in [4.69, 9.17) is 0 Å². The van der Waals surface area contributed by atoms with Gasteiger partial charge in [-0.05, 0) is 87.7 Å². The highest BCUT2D eigenvalue weighted by molar-refractivity contribution is 14.1. The van der Waals surface area contributed by atoms with Crippen LogP contribution in [0.15, 0.2) is 84.9 Å². The number of benzene rings is 3. The fourth-order valence-corrected chi connectivity index (χ4v) is 5.58. The van der Waals surface area contributed by atoms with Gasteiger partial charge in [0.1, 0.15) is 0 Å². The highest BCUT2D eigenvalue weighted by Gasteiger charge is 2.09. The molecule has 0 aliphatic heterocycles. The Bertz CT molecular complexity index is 1160. The van der Waals surface area contributed by atoms with Crippen molar-refractivity contribution in [1.29, 1.82) is 0 Å². The van der Waals surface area contributed by atoms with Crippen LogP contribution in [0.3, 0.4) is 0 Å². The van der Waals surface area contributed by atoms with E-state index in [1.165, 1.54) is 93.3 Å². The van der Waals surface area contributed by atoms with Gasteiger partial charge in [-0.2, -0.15) is 0 Å². The summed E-state index contributed by atoms with van der Waals surface area (Å²) in [7, 11) is 6.23. The summed E-state index contributed by atoms with van der Waals surface area (Å²) in [5.41, 5.74) is 6.10. The Morgan fingerprint density at radius 2 is 1.05 bits per heavy atom. The quantitative estimate of drug-likeness (QED) is 0.0546. The van der Waals surface area contributed by atoms with Crippen LogP contribution in [0.5, 0.6) is 0 Å². The van der Waals surface area contributed by atoms with Crippen LogP contribution in [0.2, 0.25) is 0 Å². The number of anilines is 2. The first-order valence-electron chi connectivity index (χ1n) is 16.1. The molecule has 0 aliphatic carbocycles. The van der Waals surface area contributed by atoms with Gasteiger partial charge >= 0.3 is 0 Å². The summed E-state index contributed by atoms with van der Waals surface area (Å²) in [6, 6.07) is 28.1. The first kappa shape index (κ1) is 38.3. The summed E-state index contributed by atoms with van der Waals surface area (Å²) in [4.78, 5) is 0. The molecular formula is C38H54I2N4. The van der Waals surface area contributed by atoms with Crippen LogP contribution >= 0.6 is 45.7 Å². The van der Waals surface area contributed by atoms with Crippen LogP contribution in [0, 0.1) is 0 Å². The molecule has 0 bridgehead atoms. The Morgan fingerprint density at radius 1 is 0.591 bits per heavy atom. The first-order valence-corrected chi connectivity index (χ1v) is 18.1. The Balaban J connectivity index is 0.000000354. The third kappa shape index (κ3) is 18.8. The van der Waals surface area contributed by atoms with Gasteiger partial charge in [0.05, 0.1) is 0 Å². The molecule has 240 valence electrons. The van der Waals surface area contributed by atoms with Crippen molar-refractivity contribution >= 4 is 75.3 Å². The predicted octanol–water partition coefficient (Wildman–Crippen LogP) is 11.5. The van der Waals surface area contributed by atoms with Crippen LogP contribution in [-0.2, 0) is 0 Å². The molecule has 6 heteroatoms. The van der Waals surface area contributed by atoms with Gasteiger partial charge in [-0.25, -0.2) is 0 Å². The molecule has 0 saturated heterocycles. The van der Waals surface area contributed by atoms with Gasteiger partial charge in [0, 0.05) is 83.3 Å². The summed E-state index contributed by atoms with van der Waals surface area (Å²) < 4.78 is 4.51. The molecule has 0 spiro atoms. The van der Waals surface area contributed by atoms with E-state index in [1.54, 1.807) is 0 Å². The zero-order valence-electron chi connectivity index (χ0n) is 27.3. The molecule has 0 heterocycles. The number of nitrogens with zero attached hydrogens (tertiary/aromatic N) is 2. The minimum absolute atomic E-state index is 0.595. The van der Waals surface area contributed by atoms with Gasteiger partial charge in [0.15, 0.2) is 0 Å². The predicted molar refractivity (Wildman–Crippen MR) is 215 cm³/mol.